The topological polar surface area (TPSA) is 15.6 Å². The van der Waals surface area contributed by atoms with Gasteiger partial charge >= 0.3 is 0 Å². The zero-order valence-corrected chi connectivity index (χ0v) is 6.64. The first-order valence-corrected chi connectivity index (χ1v) is 4.10. The van der Waals surface area contributed by atoms with Gasteiger partial charge in [-0.15, -0.1) is 0 Å². The van der Waals surface area contributed by atoms with E-state index in [9.17, 15) is 0 Å². The lowest BCUT2D eigenvalue weighted by Crippen LogP contribution is -2.20. The third-order valence-corrected chi connectivity index (χ3v) is 1.73. The van der Waals surface area contributed by atoms with Crippen molar-refractivity contribution in [3.8, 4) is 0 Å². The van der Waals surface area contributed by atoms with E-state index in [0.29, 0.717) is 0 Å². The molecule has 2 heteroatoms. The molecule has 0 atom stereocenters. The molecule has 1 rings (SSSR count). The Morgan fingerprint density at radius 1 is 1.50 bits per heavy atom. The van der Waals surface area contributed by atoms with Gasteiger partial charge in [0, 0.05) is 13.1 Å². The molecular weight excluding hydrogens is 124 g/mol. The predicted molar refractivity (Wildman–Crippen MR) is 43.4 cm³/mol. The average Bonchev–Trinajstić information content (AvgIpc) is 2.41. The Bertz CT molecular complexity index is 110. The summed E-state index contributed by atoms with van der Waals surface area (Å²) in [6.45, 7) is 5.41. The largest absolute Gasteiger partial charge is 0.352 e. The van der Waals surface area contributed by atoms with Crippen LogP contribution in [0.4, 0.5) is 0 Å². The van der Waals surface area contributed by atoms with Crippen LogP contribution in [0, 0.1) is 0 Å². The molecule has 1 heterocycles. The minimum Gasteiger partial charge on any atom is -0.352 e. The van der Waals surface area contributed by atoms with Gasteiger partial charge in [-0.1, -0.05) is 19.8 Å². The van der Waals surface area contributed by atoms with Crippen LogP contribution >= 0.6 is 0 Å². The summed E-state index contributed by atoms with van der Waals surface area (Å²) in [5.74, 6) is 0. The third-order valence-electron chi connectivity index (χ3n) is 1.73. The molecule has 2 nitrogen and oxygen atoms in total. The molecule has 0 saturated heterocycles. The molecule has 0 amide bonds. The van der Waals surface area contributed by atoms with E-state index in [-0.39, 0.29) is 0 Å². The quantitative estimate of drug-likeness (QED) is 0.537. The Kier molecular flexibility index (Phi) is 3.27. The van der Waals surface area contributed by atoms with Crippen LogP contribution in [0.5, 0.6) is 0 Å². The van der Waals surface area contributed by atoms with Gasteiger partial charge in [0.1, 0.15) is 0 Å². The summed E-state index contributed by atoms with van der Waals surface area (Å²) >= 11 is 0. The average molecular weight is 139 g/mol. The Morgan fingerprint density at radius 3 is 3.00 bits per heavy atom. The summed E-state index contributed by atoms with van der Waals surface area (Å²) in [6.07, 6.45) is 6.89. The standard InChI is InChI=1S/C8H15N2/c1-2-3-4-6-10-7-5-9-8-10/h2-7H2,1H3. The molecule has 0 aromatic carbocycles. The number of nitrogens with zero attached hydrogens (tertiary/aromatic N) is 2. The van der Waals surface area contributed by atoms with Crippen LogP contribution in [0.25, 0.3) is 0 Å². The molecule has 0 aliphatic carbocycles. The molecule has 0 fully saturated rings. The van der Waals surface area contributed by atoms with Crippen LogP contribution in [0.2, 0.25) is 0 Å². The summed E-state index contributed by atoms with van der Waals surface area (Å²) < 4.78 is 0. The van der Waals surface area contributed by atoms with Crippen LogP contribution in [0.1, 0.15) is 26.2 Å². The van der Waals surface area contributed by atoms with Gasteiger partial charge in [-0.3, -0.25) is 4.99 Å². The first kappa shape index (κ1) is 7.58. The molecule has 1 radical (unpaired) electrons. The minimum atomic E-state index is 0.951. The van der Waals surface area contributed by atoms with Crippen molar-refractivity contribution in [3.05, 3.63) is 0 Å². The van der Waals surface area contributed by atoms with Crippen LogP contribution in [0.3, 0.4) is 0 Å². The van der Waals surface area contributed by atoms with E-state index >= 15 is 0 Å². The Hall–Kier alpha value is -0.530. The number of hydrogen-bond donors (Lipinski definition) is 0. The minimum absolute atomic E-state index is 0.951. The second kappa shape index (κ2) is 4.31. The predicted octanol–water partition coefficient (Wildman–Crippen LogP) is 1.40. The summed E-state index contributed by atoms with van der Waals surface area (Å²) in [5, 5.41) is 0. The number of rotatable bonds is 4. The molecule has 0 aromatic heterocycles. The second-order valence-electron chi connectivity index (χ2n) is 2.68. The SMILES string of the molecule is CCCCCN1[C]=NCC1. The number of aliphatic imine (C=N–C) groups is 1. The van der Waals surface area contributed by atoms with Crippen molar-refractivity contribution in [1.82, 2.24) is 4.90 Å². The molecule has 0 saturated carbocycles. The molecule has 0 N–H and O–H groups in total. The van der Waals surface area contributed by atoms with Crippen molar-refractivity contribution in [2.75, 3.05) is 19.6 Å². The van der Waals surface area contributed by atoms with Gasteiger partial charge < -0.3 is 4.90 Å². The zero-order chi connectivity index (χ0) is 7.23. The molecular formula is C8H15N2. The maximum Gasteiger partial charge on any atom is 0.167 e. The maximum atomic E-state index is 4.02. The van der Waals surface area contributed by atoms with E-state index in [1.165, 1.54) is 19.3 Å². The van der Waals surface area contributed by atoms with Crippen LogP contribution < -0.4 is 0 Å². The fourth-order valence-corrected chi connectivity index (χ4v) is 1.09. The monoisotopic (exact) mass is 139 g/mol. The Labute approximate surface area is 62.9 Å². The van der Waals surface area contributed by atoms with Crippen LogP contribution in [-0.4, -0.2) is 30.9 Å². The van der Waals surface area contributed by atoms with E-state index in [2.05, 4.69) is 23.2 Å². The van der Waals surface area contributed by atoms with Gasteiger partial charge in [-0.2, -0.15) is 0 Å². The molecule has 0 aromatic rings. The highest BCUT2D eigenvalue weighted by Gasteiger charge is 2.03. The van der Waals surface area contributed by atoms with Gasteiger partial charge in [-0.05, 0) is 6.42 Å². The van der Waals surface area contributed by atoms with Crippen molar-refractivity contribution in [2.45, 2.75) is 26.2 Å². The van der Waals surface area contributed by atoms with Gasteiger partial charge in [0.2, 0.25) is 0 Å². The zero-order valence-electron chi connectivity index (χ0n) is 6.64. The highest BCUT2D eigenvalue weighted by atomic mass is 15.2. The van der Waals surface area contributed by atoms with E-state index in [1.807, 2.05) is 0 Å². The summed E-state index contributed by atoms with van der Waals surface area (Å²) in [5.41, 5.74) is 0. The lowest BCUT2D eigenvalue weighted by molar-refractivity contribution is 0.446. The molecule has 0 bridgehead atoms. The number of unbranched alkanes of at least 4 members (excludes halogenated alkanes) is 2. The molecule has 1 aliphatic rings. The molecule has 10 heavy (non-hydrogen) atoms. The lowest BCUT2D eigenvalue weighted by Gasteiger charge is -2.11. The van der Waals surface area contributed by atoms with Crippen molar-refractivity contribution in [1.29, 1.82) is 0 Å². The van der Waals surface area contributed by atoms with Crippen molar-refractivity contribution >= 4 is 6.34 Å². The summed E-state index contributed by atoms with van der Waals surface area (Å²) in [6, 6.07) is 0. The van der Waals surface area contributed by atoms with Gasteiger partial charge in [0.15, 0.2) is 6.34 Å². The van der Waals surface area contributed by atoms with Gasteiger partial charge in [0.25, 0.3) is 0 Å². The van der Waals surface area contributed by atoms with Gasteiger partial charge in [0.05, 0.1) is 6.54 Å². The summed E-state index contributed by atoms with van der Waals surface area (Å²) in [7, 11) is 0. The first-order chi connectivity index (χ1) is 4.93. The highest BCUT2D eigenvalue weighted by Crippen LogP contribution is 1.99. The fourth-order valence-electron chi connectivity index (χ4n) is 1.09. The van der Waals surface area contributed by atoms with E-state index in [4.69, 9.17) is 0 Å². The normalized spacial score (nSPS) is 16.7. The highest BCUT2D eigenvalue weighted by molar-refractivity contribution is 5.56. The van der Waals surface area contributed by atoms with E-state index in [0.717, 1.165) is 19.6 Å². The lowest BCUT2D eigenvalue weighted by atomic mass is 10.2. The Morgan fingerprint density at radius 2 is 2.40 bits per heavy atom. The smallest absolute Gasteiger partial charge is 0.167 e. The van der Waals surface area contributed by atoms with Crippen molar-refractivity contribution in [2.24, 2.45) is 4.99 Å². The Balaban J connectivity index is 1.97. The third kappa shape index (κ3) is 2.38. The van der Waals surface area contributed by atoms with Crippen LogP contribution in [0.15, 0.2) is 4.99 Å². The second-order valence-corrected chi connectivity index (χ2v) is 2.68. The molecule has 0 unspecified atom stereocenters. The molecule has 1 aliphatic heterocycles. The van der Waals surface area contributed by atoms with Crippen LogP contribution in [-0.2, 0) is 0 Å². The maximum absolute atomic E-state index is 4.02. The van der Waals surface area contributed by atoms with Crippen molar-refractivity contribution in [3.63, 3.8) is 0 Å². The molecule has 0 spiro atoms. The molecule has 57 valence electrons. The summed E-state index contributed by atoms with van der Waals surface area (Å²) in [4.78, 5) is 6.20. The fraction of sp³-hybridized carbons (Fsp3) is 0.875. The van der Waals surface area contributed by atoms with Gasteiger partial charge in [-0.25, -0.2) is 0 Å². The van der Waals surface area contributed by atoms with Crippen molar-refractivity contribution < 1.29 is 0 Å². The number of hydrogen-bond acceptors (Lipinski definition) is 2. The van der Waals surface area contributed by atoms with E-state index in [1.54, 1.807) is 0 Å². The van der Waals surface area contributed by atoms with E-state index < -0.39 is 0 Å². The first-order valence-electron chi connectivity index (χ1n) is 4.10.